The molecule has 0 bridgehead atoms. The van der Waals surface area contributed by atoms with E-state index in [9.17, 15) is 14.7 Å². The van der Waals surface area contributed by atoms with E-state index < -0.39 is 29.3 Å². The Balaban J connectivity index is 1.60. The van der Waals surface area contributed by atoms with Crippen molar-refractivity contribution in [3.05, 3.63) is 131 Å². The highest BCUT2D eigenvalue weighted by Crippen LogP contribution is 2.44. The fourth-order valence-corrected chi connectivity index (χ4v) is 6.03. The molecule has 0 aliphatic carbocycles. The van der Waals surface area contributed by atoms with Crippen LogP contribution in [0.15, 0.2) is 103 Å². The lowest BCUT2D eigenvalue weighted by Gasteiger charge is -2.48. The van der Waals surface area contributed by atoms with Crippen LogP contribution >= 0.6 is 0 Å². The average molecular weight is 608 g/mol. The number of rotatable bonds is 8. The number of ether oxygens (including phenoxy) is 2. The van der Waals surface area contributed by atoms with Crippen LogP contribution in [0.3, 0.4) is 0 Å². The number of carbonyl (C=O) groups excluding carboxylic acids is 2. The molecule has 2 heterocycles. The zero-order valence-corrected chi connectivity index (χ0v) is 26.3. The molecule has 4 aromatic rings. The number of esters is 1. The fourth-order valence-electron chi connectivity index (χ4n) is 6.03. The third-order valence-corrected chi connectivity index (χ3v) is 7.86. The van der Waals surface area contributed by atoms with Gasteiger partial charge in [0.2, 0.25) is 0 Å². The summed E-state index contributed by atoms with van der Waals surface area (Å²) >= 11 is 0. The number of carbonyl (C=O) groups is 2. The Hall–Kier alpha value is -4.53. The Morgan fingerprint density at radius 1 is 0.911 bits per heavy atom. The summed E-state index contributed by atoms with van der Waals surface area (Å²) in [5, 5.41) is 15.8. The molecule has 1 fully saturated rings. The van der Waals surface area contributed by atoms with Crippen molar-refractivity contribution in [1.82, 2.24) is 14.7 Å². The van der Waals surface area contributed by atoms with Crippen molar-refractivity contribution in [2.75, 3.05) is 19.7 Å². The summed E-state index contributed by atoms with van der Waals surface area (Å²) in [6, 6.07) is 33.0. The molecule has 8 heteroatoms. The molecule has 1 saturated heterocycles. The van der Waals surface area contributed by atoms with E-state index >= 15 is 0 Å². The van der Waals surface area contributed by atoms with Crippen molar-refractivity contribution < 1.29 is 24.2 Å². The van der Waals surface area contributed by atoms with E-state index in [0.717, 1.165) is 26.9 Å². The minimum atomic E-state index is -0.751. The number of hydrogen-bond acceptors (Lipinski definition) is 7. The fraction of sp³-hybridized carbons (Fsp3) is 0.324. The average Bonchev–Trinajstić information content (AvgIpc) is 3.42. The van der Waals surface area contributed by atoms with Crippen LogP contribution in [-0.2, 0) is 26.2 Å². The minimum Gasteiger partial charge on any atom is -0.466 e. The Labute approximate surface area is 264 Å². The quantitative estimate of drug-likeness (QED) is 0.188. The van der Waals surface area contributed by atoms with Gasteiger partial charge in [-0.15, -0.1) is 0 Å². The van der Waals surface area contributed by atoms with Crippen molar-refractivity contribution in [3.8, 4) is 0 Å². The highest BCUT2D eigenvalue weighted by atomic mass is 16.6. The number of aliphatic hydroxyl groups is 1. The second kappa shape index (κ2) is 13.6. The molecule has 234 valence electrons. The van der Waals surface area contributed by atoms with Gasteiger partial charge in [0.15, 0.2) is 0 Å². The Morgan fingerprint density at radius 3 is 1.93 bits per heavy atom. The summed E-state index contributed by atoms with van der Waals surface area (Å²) in [6.45, 7) is 8.35. The Kier molecular flexibility index (Phi) is 9.65. The molecule has 45 heavy (non-hydrogen) atoms. The predicted molar refractivity (Wildman–Crippen MR) is 174 cm³/mol. The third kappa shape index (κ3) is 7.08. The number of aliphatic hydroxyl groups excluding tert-OH is 1. The standard InChI is InChI=1S/C37H41N3O5/c1-5-44-34(42)25-32-24-31(38-40(32)35(43)45-36(2,3)4)23-27-26-39(22-21-33(27)41)37(28-15-9-6-10-16-28,29-17-11-7-12-18-29)30-19-13-8-14-20-30/h6-20,23-24,33,41H,5,21-22,25-26H2,1-4H3/b27-23+. The molecule has 1 atom stereocenters. The molecule has 1 unspecified atom stereocenters. The number of likely N-dealkylation sites (tertiary alicyclic amines) is 1. The van der Waals surface area contributed by atoms with Gasteiger partial charge in [0, 0.05) is 13.1 Å². The lowest BCUT2D eigenvalue weighted by atomic mass is 9.74. The van der Waals surface area contributed by atoms with Crippen molar-refractivity contribution in [3.63, 3.8) is 0 Å². The summed E-state index contributed by atoms with van der Waals surface area (Å²) in [4.78, 5) is 27.9. The minimum absolute atomic E-state index is 0.142. The smallest absolute Gasteiger partial charge is 0.435 e. The second-order valence-corrected chi connectivity index (χ2v) is 12.2. The van der Waals surface area contributed by atoms with E-state index in [0.29, 0.717) is 30.9 Å². The van der Waals surface area contributed by atoms with Crippen molar-refractivity contribution in [2.24, 2.45) is 0 Å². The van der Waals surface area contributed by atoms with Gasteiger partial charge in [-0.05, 0) is 68.5 Å². The van der Waals surface area contributed by atoms with Crippen LogP contribution in [0.5, 0.6) is 0 Å². The predicted octanol–water partition coefficient (Wildman–Crippen LogP) is 6.21. The van der Waals surface area contributed by atoms with E-state index in [1.54, 1.807) is 33.8 Å². The monoisotopic (exact) mass is 607 g/mol. The number of aromatic nitrogens is 2. The van der Waals surface area contributed by atoms with Gasteiger partial charge in [0.25, 0.3) is 0 Å². The first-order chi connectivity index (χ1) is 21.6. The number of benzene rings is 3. The number of nitrogens with zero attached hydrogens (tertiary/aromatic N) is 3. The molecule has 0 spiro atoms. The lowest BCUT2D eigenvalue weighted by molar-refractivity contribution is -0.142. The van der Waals surface area contributed by atoms with E-state index in [-0.39, 0.29) is 13.0 Å². The Morgan fingerprint density at radius 2 is 1.44 bits per heavy atom. The molecular weight excluding hydrogens is 566 g/mol. The highest BCUT2D eigenvalue weighted by Gasteiger charge is 2.44. The van der Waals surface area contributed by atoms with Gasteiger partial charge in [0.1, 0.15) is 5.60 Å². The third-order valence-electron chi connectivity index (χ3n) is 7.86. The molecule has 0 saturated carbocycles. The molecular formula is C37H41N3O5. The summed E-state index contributed by atoms with van der Waals surface area (Å²) < 4.78 is 11.8. The van der Waals surface area contributed by atoms with E-state index in [2.05, 4.69) is 82.8 Å². The summed E-state index contributed by atoms with van der Waals surface area (Å²) in [5.74, 6) is -0.469. The molecule has 8 nitrogen and oxygen atoms in total. The van der Waals surface area contributed by atoms with Crippen LogP contribution in [0.2, 0.25) is 0 Å². The van der Waals surface area contributed by atoms with Gasteiger partial charge < -0.3 is 14.6 Å². The maximum Gasteiger partial charge on any atom is 0.435 e. The Bertz CT molecular complexity index is 1530. The first kappa shape index (κ1) is 31.9. The molecule has 0 amide bonds. The molecule has 1 aliphatic rings. The summed E-state index contributed by atoms with van der Waals surface area (Å²) in [7, 11) is 0. The van der Waals surface area contributed by atoms with Crippen LogP contribution in [0, 0.1) is 0 Å². The lowest BCUT2D eigenvalue weighted by Crippen LogP contribution is -2.52. The van der Waals surface area contributed by atoms with Crippen LogP contribution < -0.4 is 0 Å². The summed E-state index contributed by atoms with van der Waals surface area (Å²) in [5.41, 5.74) is 3.50. The van der Waals surface area contributed by atoms with Crippen molar-refractivity contribution in [2.45, 2.75) is 57.8 Å². The van der Waals surface area contributed by atoms with Crippen LogP contribution in [0.1, 0.15) is 62.2 Å². The molecule has 5 rings (SSSR count). The molecule has 1 N–H and O–H groups in total. The van der Waals surface area contributed by atoms with E-state index in [1.807, 2.05) is 24.3 Å². The highest BCUT2D eigenvalue weighted by molar-refractivity contribution is 5.76. The van der Waals surface area contributed by atoms with Gasteiger partial charge in [0.05, 0.1) is 36.1 Å². The van der Waals surface area contributed by atoms with Crippen LogP contribution in [-0.4, -0.2) is 63.3 Å². The topological polar surface area (TPSA) is 93.9 Å². The first-order valence-corrected chi connectivity index (χ1v) is 15.4. The molecule has 0 radical (unpaired) electrons. The van der Waals surface area contributed by atoms with Crippen LogP contribution in [0.25, 0.3) is 6.08 Å². The van der Waals surface area contributed by atoms with Gasteiger partial charge in [-0.1, -0.05) is 91.0 Å². The molecule has 1 aromatic heterocycles. The molecule has 1 aliphatic heterocycles. The maximum atomic E-state index is 13.1. The van der Waals surface area contributed by atoms with Gasteiger partial charge in [-0.3, -0.25) is 9.69 Å². The van der Waals surface area contributed by atoms with Gasteiger partial charge in [-0.25, -0.2) is 4.79 Å². The normalized spacial score (nSPS) is 16.8. The molecule has 3 aromatic carbocycles. The largest absolute Gasteiger partial charge is 0.466 e. The second-order valence-electron chi connectivity index (χ2n) is 12.2. The zero-order chi connectivity index (χ0) is 32.0. The van der Waals surface area contributed by atoms with Gasteiger partial charge in [-0.2, -0.15) is 9.78 Å². The van der Waals surface area contributed by atoms with E-state index in [1.165, 1.54) is 0 Å². The SMILES string of the molecule is CCOC(=O)Cc1cc(/C=C2\CN(C(c3ccccc3)(c3ccccc3)c3ccccc3)CCC2O)nn1C(=O)OC(C)(C)C. The zero-order valence-electron chi connectivity index (χ0n) is 26.3. The van der Waals surface area contributed by atoms with Crippen molar-refractivity contribution >= 4 is 18.1 Å². The number of piperidine rings is 1. The number of hydrogen-bond donors (Lipinski definition) is 1. The van der Waals surface area contributed by atoms with Gasteiger partial charge >= 0.3 is 12.1 Å². The van der Waals surface area contributed by atoms with E-state index in [4.69, 9.17) is 9.47 Å². The van der Waals surface area contributed by atoms with Crippen LogP contribution in [0.4, 0.5) is 4.79 Å². The van der Waals surface area contributed by atoms with Crippen molar-refractivity contribution in [1.29, 1.82) is 0 Å². The maximum absolute atomic E-state index is 13.1. The first-order valence-electron chi connectivity index (χ1n) is 15.4. The summed E-state index contributed by atoms with van der Waals surface area (Å²) in [6.07, 6.45) is 0.785.